The molecule has 0 aromatic carbocycles. The predicted octanol–water partition coefficient (Wildman–Crippen LogP) is 5.84. The Hall–Kier alpha value is -0.390. The van der Waals surface area contributed by atoms with E-state index in [0.717, 1.165) is 12.8 Å². The Morgan fingerprint density at radius 1 is 0.739 bits per heavy atom. The van der Waals surface area contributed by atoms with Crippen LogP contribution in [0.3, 0.4) is 0 Å². The van der Waals surface area contributed by atoms with Crippen LogP contribution in [0, 0.1) is 0 Å². The summed E-state index contributed by atoms with van der Waals surface area (Å²) in [5.74, 6) is 0. The van der Waals surface area contributed by atoms with E-state index in [1.54, 1.807) is 0 Å². The molecular formula is C18H36O4S. The standard InChI is InChI=1S/C18H36O4S/c1-2-3-4-5-6-7-8-9-10-11-12-13-14-15-16-17-18-22-23(19,20)21/h9-10H,2-8,11-18H2,1H3,(H,19,20,21)/b10-9-. The molecule has 138 valence electrons. The van der Waals surface area contributed by atoms with Crippen molar-refractivity contribution in [1.29, 1.82) is 0 Å². The molecule has 0 spiro atoms. The molecule has 4 nitrogen and oxygen atoms in total. The molecule has 0 radical (unpaired) electrons. The van der Waals surface area contributed by atoms with Crippen molar-refractivity contribution < 1.29 is 17.2 Å². The summed E-state index contributed by atoms with van der Waals surface area (Å²) in [4.78, 5) is 0. The third-order valence-corrected chi connectivity index (χ3v) is 4.35. The lowest BCUT2D eigenvalue weighted by Crippen LogP contribution is -2.04. The molecule has 0 aromatic heterocycles. The highest BCUT2D eigenvalue weighted by atomic mass is 32.3. The highest BCUT2D eigenvalue weighted by Crippen LogP contribution is 2.10. The van der Waals surface area contributed by atoms with Gasteiger partial charge < -0.3 is 0 Å². The number of hydrogen-bond donors (Lipinski definition) is 1. The first-order valence-corrected chi connectivity index (χ1v) is 10.7. The molecule has 0 saturated carbocycles. The van der Waals surface area contributed by atoms with Crippen molar-refractivity contribution in [3.05, 3.63) is 12.2 Å². The van der Waals surface area contributed by atoms with Gasteiger partial charge in [-0.2, -0.15) is 8.42 Å². The topological polar surface area (TPSA) is 63.6 Å². The van der Waals surface area contributed by atoms with Crippen molar-refractivity contribution in [3.63, 3.8) is 0 Å². The Morgan fingerprint density at radius 3 is 1.65 bits per heavy atom. The van der Waals surface area contributed by atoms with Crippen LogP contribution in [-0.2, 0) is 14.6 Å². The Bertz CT molecular complexity index is 363. The fraction of sp³-hybridized carbons (Fsp3) is 0.889. The van der Waals surface area contributed by atoms with Gasteiger partial charge in [0.05, 0.1) is 6.61 Å². The highest BCUT2D eigenvalue weighted by molar-refractivity contribution is 7.80. The van der Waals surface area contributed by atoms with Gasteiger partial charge in [0, 0.05) is 0 Å². The van der Waals surface area contributed by atoms with Crippen LogP contribution in [-0.4, -0.2) is 19.6 Å². The van der Waals surface area contributed by atoms with Crippen molar-refractivity contribution in [2.75, 3.05) is 6.61 Å². The molecule has 0 amide bonds. The Labute approximate surface area is 143 Å². The summed E-state index contributed by atoms with van der Waals surface area (Å²) in [6.45, 7) is 2.33. The van der Waals surface area contributed by atoms with E-state index in [0.29, 0.717) is 6.42 Å². The molecule has 0 fully saturated rings. The van der Waals surface area contributed by atoms with E-state index < -0.39 is 10.4 Å². The van der Waals surface area contributed by atoms with Gasteiger partial charge in [-0.05, 0) is 32.1 Å². The number of rotatable bonds is 17. The van der Waals surface area contributed by atoms with Crippen LogP contribution in [0.2, 0.25) is 0 Å². The SMILES string of the molecule is CCCCCCCC/C=C\CCCCCCCCOS(=O)(=O)O. The molecule has 0 aliphatic heterocycles. The normalized spacial score (nSPS) is 12.3. The second-order valence-corrected chi connectivity index (χ2v) is 7.28. The summed E-state index contributed by atoms with van der Waals surface area (Å²) >= 11 is 0. The Morgan fingerprint density at radius 2 is 1.17 bits per heavy atom. The molecule has 23 heavy (non-hydrogen) atoms. The molecule has 0 heterocycles. The number of hydrogen-bond acceptors (Lipinski definition) is 3. The fourth-order valence-electron chi connectivity index (χ4n) is 2.51. The van der Waals surface area contributed by atoms with Crippen LogP contribution < -0.4 is 0 Å². The maximum atomic E-state index is 10.3. The smallest absolute Gasteiger partial charge is 0.264 e. The van der Waals surface area contributed by atoms with Crippen LogP contribution in [0.15, 0.2) is 12.2 Å². The monoisotopic (exact) mass is 348 g/mol. The van der Waals surface area contributed by atoms with Gasteiger partial charge in [-0.1, -0.05) is 76.9 Å². The molecular weight excluding hydrogens is 312 g/mol. The molecule has 0 bridgehead atoms. The zero-order valence-corrected chi connectivity index (χ0v) is 15.7. The summed E-state index contributed by atoms with van der Waals surface area (Å²) in [5, 5.41) is 0. The van der Waals surface area contributed by atoms with Crippen LogP contribution in [0.4, 0.5) is 0 Å². The van der Waals surface area contributed by atoms with E-state index in [2.05, 4.69) is 23.3 Å². The lowest BCUT2D eigenvalue weighted by Gasteiger charge is -2.01. The van der Waals surface area contributed by atoms with Gasteiger partial charge in [0.25, 0.3) is 0 Å². The van der Waals surface area contributed by atoms with Gasteiger partial charge in [-0.15, -0.1) is 0 Å². The van der Waals surface area contributed by atoms with Crippen molar-refractivity contribution >= 4 is 10.4 Å². The third-order valence-electron chi connectivity index (χ3n) is 3.89. The van der Waals surface area contributed by atoms with Gasteiger partial charge in [-0.25, -0.2) is 4.18 Å². The Balaban J connectivity index is 3.13. The van der Waals surface area contributed by atoms with Gasteiger partial charge in [-0.3, -0.25) is 4.55 Å². The summed E-state index contributed by atoms with van der Waals surface area (Å²) in [5.41, 5.74) is 0. The molecule has 0 saturated heterocycles. The second-order valence-electron chi connectivity index (χ2n) is 6.19. The Kier molecular flexibility index (Phi) is 16.2. The number of unbranched alkanes of at least 4 members (excludes halogenated alkanes) is 12. The van der Waals surface area contributed by atoms with Crippen LogP contribution in [0.5, 0.6) is 0 Å². The molecule has 0 rings (SSSR count). The summed E-state index contributed by atoms with van der Waals surface area (Å²) in [6, 6.07) is 0. The first-order valence-electron chi connectivity index (χ1n) is 9.33. The lowest BCUT2D eigenvalue weighted by molar-refractivity contribution is 0.261. The van der Waals surface area contributed by atoms with E-state index in [1.165, 1.54) is 70.6 Å². The largest absolute Gasteiger partial charge is 0.397 e. The van der Waals surface area contributed by atoms with Crippen molar-refractivity contribution in [2.24, 2.45) is 0 Å². The first kappa shape index (κ1) is 22.6. The van der Waals surface area contributed by atoms with Crippen LogP contribution >= 0.6 is 0 Å². The van der Waals surface area contributed by atoms with E-state index >= 15 is 0 Å². The van der Waals surface area contributed by atoms with Crippen LogP contribution in [0.25, 0.3) is 0 Å². The minimum Gasteiger partial charge on any atom is -0.264 e. The summed E-state index contributed by atoms with van der Waals surface area (Å²) < 4.78 is 33.3. The van der Waals surface area contributed by atoms with Gasteiger partial charge in [0.1, 0.15) is 0 Å². The molecule has 1 N–H and O–H groups in total. The lowest BCUT2D eigenvalue weighted by atomic mass is 10.1. The minimum atomic E-state index is -4.25. The number of allylic oxidation sites excluding steroid dienone is 2. The van der Waals surface area contributed by atoms with Crippen LogP contribution in [0.1, 0.15) is 96.8 Å². The predicted molar refractivity (Wildman–Crippen MR) is 97.0 cm³/mol. The van der Waals surface area contributed by atoms with Gasteiger partial charge in [0.2, 0.25) is 0 Å². The molecule has 0 aliphatic rings. The molecule has 5 heteroatoms. The van der Waals surface area contributed by atoms with Gasteiger partial charge >= 0.3 is 10.4 Å². The molecule has 0 aliphatic carbocycles. The molecule has 0 atom stereocenters. The highest BCUT2D eigenvalue weighted by Gasteiger charge is 2.02. The maximum absolute atomic E-state index is 10.3. The summed E-state index contributed by atoms with van der Waals surface area (Å²) in [7, 11) is -4.25. The molecule has 0 aromatic rings. The summed E-state index contributed by atoms with van der Waals surface area (Å²) in [6.07, 6.45) is 21.5. The maximum Gasteiger partial charge on any atom is 0.397 e. The van der Waals surface area contributed by atoms with Crippen molar-refractivity contribution in [2.45, 2.75) is 96.8 Å². The average molecular weight is 349 g/mol. The van der Waals surface area contributed by atoms with Crippen molar-refractivity contribution in [1.82, 2.24) is 0 Å². The second kappa shape index (κ2) is 16.5. The third kappa shape index (κ3) is 21.6. The van der Waals surface area contributed by atoms with E-state index in [4.69, 9.17) is 4.55 Å². The first-order chi connectivity index (χ1) is 11.1. The minimum absolute atomic E-state index is 0.0833. The van der Waals surface area contributed by atoms with Crippen molar-refractivity contribution in [3.8, 4) is 0 Å². The average Bonchev–Trinajstić information content (AvgIpc) is 2.49. The zero-order chi connectivity index (χ0) is 17.2. The van der Waals surface area contributed by atoms with E-state index in [1.807, 2.05) is 0 Å². The fourth-order valence-corrected chi connectivity index (χ4v) is 2.84. The van der Waals surface area contributed by atoms with E-state index in [-0.39, 0.29) is 6.61 Å². The van der Waals surface area contributed by atoms with Gasteiger partial charge in [0.15, 0.2) is 0 Å². The molecule has 0 unspecified atom stereocenters. The zero-order valence-electron chi connectivity index (χ0n) is 14.8. The quantitative estimate of drug-likeness (QED) is 0.204. The van der Waals surface area contributed by atoms with E-state index in [9.17, 15) is 8.42 Å².